The topological polar surface area (TPSA) is 82.7 Å². The number of para-hydroxylation sites is 1. The molecule has 1 N–H and O–H groups in total. The Kier molecular flexibility index (Phi) is 5.67. The number of anilines is 4. The van der Waals surface area contributed by atoms with E-state index in [1.807, 2.05) is 59.4 Å². The van der Waals surface area contributed by atoms with Crippen LogP contribution < -0.4 is 10.2 Å². The van der Waals surface area contributed by atoms with E-state index in [2.05, 4.69) is 50.4 Å². The van der Waals surface area contributed by atoms with Crippen molar-refractivity contribution in [2.75, 3.05) is 16.8 Å². The summed E-state index contributed by atoms with van der Waals surface area (Å²) in [7, 11) is 0. The van der Waals surface area contributed by atoms with Gasteiger partial charge in [0.15, 0.2) is 0 Å². The maximum absolute atomic E-state index is 8.91. The molecule has 0 spiro atoms. The minimum absolute atomic E-state index is 0.625. The summed E-state index contributed by atoms with van der Waals surface area (Å²) >= 11 is 0. The molecule has 0 unspecified atom stereocenters. The molecule has 0 aliphatic rings. The summed E-state index contributed by atoms with van der Waals surface area (Å²) in [5.41, 5.74) is 3.66. The molecule has 2 aromatic heterocycles. The van der Waals surface area contributed by atoms with E-state index in [1.54, 1.807) is 12.5 Å². The van der Waals surface area contributed by atoms with Gasteiger partial charge in [-0.2, -0.15) is 10.4 Å². The van der Waals surface area contributed by atoms with Crippen LogP contribution in [0.1, 0.15) is 18.1 Å². The highest BCUT2D eigenvalue weighted by molar-refractivity contribution is 5.64. The molecule has 0 saturated carbocycles. The van der Waals surface area contributed by atoms with Crippen molar-refractivity contribution in [3.05, 3.63) is 90.5 Å². The highest BCUT2D eigenvalue weighted by Gasteiger charge is 2.10. The van der Waals surface area contributed by atoms with Gasteiger partial charge in [-0.1, -0.05) is 30.3 Å². The third-order valence-electron chi connectivity index (χ3n) is 4.65. The van der Waals surface area contributed by atoms with Crippen molar-refractivity contribution in [1.29, 1.82) is 5.26 Å². The van der Waals surface area contributed by atoms with Gasteiger partial charge in [-0.15, -0.1) is 0 Å². The van der Waals surface area contributed by atoms with E-state index in [4.69, 9.17) is 5.26 Å². The van der Waals surface area contributed by atoms with E-state index in [1.165, 1.54) is 0 Å². The Hall–Kier alpha value is -4.18. The van der Waals surface area contributed by atoms with E-state index in [0.717, 1.165) is 29.3 Å². The third-order valence-corrected chi connectivity index (χ3v) is 4.65. The van der Waals surface area contributed by atoms with Crippen LogP contribution in [-0.2, 0) is 6.54 Å². The molecule has 7 heteroatoms. The van der Waals surface area contributed by atoms with E-state index in [-0.39, 0.29) is 0 Å². The molecular weight excluding hydrogens is 374 g/mol. The first-order valence-electron chi connectivity index (χ1n) is 9.68. The number of nitrogens with zero attached hydrogens (tertiary/aromatic N) is 6. The van der Waals surface area contributed by atoms with Crippen molar-refractivity contribution in [2.24, 2.45) is 0 Å². The van der Waals surface area contributed by atoms with Crippen molar-refractivity contribution in [2.45, 2.75) is 13.5 Å². The van der Waals surface area contributed by atoms with Crippen LogP contribution in [0.2, 0.25) is 0 Å². The van der Waals surface area contributed by atoms with Crippen LogP contribution in [-0.4, -0.2) is 26.3 Å². The molecule has 30 heavy (non-hydrogen) atoms. The summed E-state index contributed by atoms with van der Waals surface area (Å²) in [5.74, 6) is 1.53. The molecule has 0 bridgehead atoms. The standard InChI is InChI=1S/C23H21N7/c1-2-30(21-6-4-3-5-7-21)23-12-22(25-17-26-23)28-20-14-27-29(16-20)15-19-10-8-18(13-24)9-11-19/h3-12,14,16-17H,2,15H2,1H3,(H,25,26,28). The number of nitrogens with one attached hydrogen (secondary N) is 1. The molecule has 0 atom stereocenters. The summed E-state index contributed by atoms with van der Waals surface area (Å²) in [6.45, 7) is 3.51. The fourth-order valence-corrected chi connectivity index (χ4v) is 3.18. The SMILES string of the molecule is CCN(c1ccccc1)c1cc(Nc2cnn(Cc3ccc(C#N)cc3)c2)ncn1. The van der Waals surface area contributed by atoms with E-state index in [0.29, 0.717) is 17.9 Å². The lowest BCUT2D eigenvalue weighted by molar-refractivity contribution is 0.687. The van der Waals surface area contributed by atoms with Gasteiger partial charge in [-0.05, 0) is 36.8 Å². The average molecular weight is 395 g/mol. The van der Waals surface area contributed by atoms with Crippen LogP contribution in [0.15, 0.2) is 79.4 Å². The van der Waals surface area contributed by atoms with Crippen LogP contribution in [0.4, 0.5) is 23.0 Å². The molecule has 2 aromatic carbocycles. The van der Waals surface area contributed by atoms with Crippen molar-refractivity contribution >= 4 is 23.0 Å². The number of nitriles is 1. The minimum Gasteiger partial charge on any atom is -0.338 e. The molecule has 4 rings (SSSR count). The third kappa shape index (κ3) is 4.45. The molecule has 7 nitrogen and oxygen atoms in total. The molecule has 0 aliphatic heterocycles. The quantitative estimate of drug-likeness (QED) is 0.496. The maximum atomic E-state index is 8.91. The Morgan fingerprint density at radius 2 is 1.87 bits per heavy atom. The summed E-state index contributed by atoms with van der Waals surface area (Å²) < 4.78 is 1.84. The average Bonchev–Trinajstić information content (AvgIpc) is 3.22. The van der Waals surface area contributed by atoms with Gasteiger partial charge in [0, 0.05) is 24.5 Å². The number of rotatable bonds is 7. The predicted octanol–water partition coefficient (Wildman–Crippen LogP) is 4.49. The lowest BCUT2D eigenvalue weighted by Gasteiger charge is -2.22. The molecular formula is C23H21N7. The number of aromatic nitrogens is 4. The smallest absolute Gasteiger partial charge is 0.138 e. The second kappa shape index (κ2) is 8.88. The lowest BCUT2D eigenvalue weighted by Crippen LogP contribution is -2.17. The zero-order valence-electron chi connectivity index (χ0n) is 16.6. The zero-order chi connectivity index (χ0) is 20.8. The first-order chi connectivity index (χ1) is 14.7. The van der Waals surface area contributed by atoms with Gasteiger partial charge >= 0.3 is 0 Å². The van der Waals surface area contributed by atoms with E-state index < -0.39 is 0 Å². The monoisotopic (exact) mass is 395 g/mol. The van der Waals surface area contributed by atoms with Gasteiger partial charge in [0.25, 0.3) is 0 Å². The Balaban J connectivity index is 1.47. The Labute approximate surface area is 175 Å². The van der Waals surface area contributed by atoms with Crippen LogP contribution in [0.3, 0.4) is 0 Å². The van der Waals surface area contributed by atoms with Crippen molar-refractivity contribution in [1.82, 2.24) is 19.7 Å². The number of hydrogen-bond donors (Lipinski definition) is 1. The van der Waals surface area contributed by atoms with Gasteiger partial charge < -0.3 is 10.2 Å². The molecule has 0 amide bonds. The first-order valence-corrected chi connectivity index (χ1v) is 9.68. The highest BCUT2D eigenvalue weighted by Crippen LogP contribution is 2.25. The van der Waals surface area contributed by atoms with E-state index in [9.17, 15) is 0 Å². The van der Waals surface area contributed by atoms with Crippen molar-refractivity contribution < 1.29 is 0 Å². The zero-order valence-corrected chi connectivity index (χ0v) is 16.6. The molecule has 0 radical (unpaired) electrons. The summed E-state index contributed by atoms with van der Waals surface area (Å²) in [6, 6.07) is 21.7. The number of benzene rings is 2. The highest BCUT2D eigenvalue weighted by atomic mass is 15.3. The van der Waals surface area contributed by atoms with Gasteiger partial charge in [0.05, 0.1) is 30.1 Å². The second-order valence-electron chi connectivity index (χ2n) is 6.70. The molecule has 2 heterocycles. The van der Waals surface area contributed by atoms with Crippen LogP contribution in [0.25, 0.3) is 0 Å². The molecule has 0 fully saturated rings. The Bertz CT molecular complexity index is 1140. The Morgan fingerprint density at radius 1 is 1.07 bits per heavy atom. The predicted molar refractivity (Wildman–Crippen MR) is 117 cm³/mol. The normalized spacial score (nSPS) is 10.4. The lowest BCUT2D eigenvalue weighted by atomic mass is 10.1. The van der Waals surface area contributed by atoms with Gasteiger partial charge in [0.1, 0.15) is 18.0 Å². The van der Waals surface area contributed by atoms with Crippen LogP contribution in [0.5, 0.6) is 0 Å². The van der Waals surface area contributed by atoms with Crippen LogP contribution >= 0.6 is 0 Å². The Morgan fingerprint density at radius 3 is 2.60 bits per heavy atom. The van der Waals surface area contributed by atoms with Crippen molar-refractivity contribution in [3.8, 4) is 6.07 Å². The van der Waals surface area contributed by atoms with Gasteiger partial charge in [-0.25, -0.2) is 9.97 Å². The summed E-state index contributed by atoms with van der Waals surface area (Å²) in [5, 5.41) is 16.6. The fraction of sp³-hybridized carbons (Fsp3) is 0.130. The summed E-state index contributed by atoms with van der Waals surface area (Å²) in [6.07, 6.45) is 5.25. The summed E-state index contributed by atoms with van der Waals surface area (Å²) in [4.78, 5) is 10.9. The van der Waals surface area contributed by atoms with E-state index >= 15 is 0 Å². The number of hydrogen-bond acceptors (Lipinski definition) is 6. The molecule has 0 aliphatic carbocycles. The van der Waals surface area contributed by atoms with Gasteiger partial charge in [-0.3, -0.25) is 4.68 Å². The maximum Gasteiger partial charge on any atom is 0.138 e. The largest absolute Gasteiger partial charge is 0.338 e. The van der Waals surface area contributed by atoms with Gasteiger partial charge in [0.2, 0.25) is 0 Å². The molecule has 4 aromatic rings. The second-order valence-corrected chi connectivity index (χ2v) is 6.70. The van der Waals surface area contributed by atoms with Crippen LogP contribution in [0, 0.1) is 11.3 Å². The van der Waals surface area contributed by atoms with Crippen molar-refractivity contribution in [3.63, 3.8) is 0 Å². The fourth-order valence-electron chi connectivity index (χ4n) is 3.18. The minimum atomic E-state index is 0.625. The molecule has 0 saturated heterocycles. The molecule has 148 valence electrons. The first kappa shape index (κ1) is 19.2.